The van der Waals surface area contributed by atoms with Gasteiger partial charge in [-0.3, -0.25) is 0 Å². The maximum Gasteiger partial charge on any atom is 0.108 e. The van der Waals surface area contributed by atoms with Crippen molar-refractivity contribution in [1.29, 1.82) is 0 Å². The Bertz CT molecular complexity index is 489. The van der Waals surface area contributed by atoms with Crippen molar-refractivity contribution < 1.29 is 4.42 Å². The molecule has 2 rings (SSSR count). The number of halogens is 1. The van der Waals surface area contributed by atoms with Crippen molar-refractivity contribution in [3.8, 4) is 0 Å². The molecular formula is C15H18BrNO. The Balaban J connectivity index is 2.17. The van der Waals surface area contributed by atoms with Crippen molar-refractivity contribution >= 4 is 15.9 Å². The first kappa shape index (κ1) is 13.4. The largest absolute Gasteiger partial charge is 0.469 e. The first-order valence-electron chi connectivity index (χ1n) is 6.22. The molecule has 3 heteroatoms. The molecule has 0 aliphatic heterocycles. The Morgan fingerprint density at radius 3 is 2.56 bits per heavy atom. The second-order valence-corrected chi connectivity index (χ2v) is 5.24. The van der Waals surface area contributed by atoms with Crippen molar-refractivity contribution in [2.24, 2.45) is 0 Å². The molecule has 0 aliphatic rings. The van der Waals surface area contributed by atoms with Gasteiger partial charge >= 0.3 is 0 Å². The molecule has 0 bridgehead atoms. The molecule has 0 spiro atoms. The zero-order valence-electron chi connectivity index (χ0n) is 10.7. The molecule has 1 atom stereocenters. The summed E-state index contributed by atoms with van der Waals surface area (Å²) >= 11 is 3.46. The number of hydrogen-bond acceptors (Lipinski definition) is 2. The lowest BCUT2D eigenvalue weighted by Gasteiger charge is -2.16. The van der Waals surface area contributed by atoms with E-state index in [0.29, 0.717) is 6.04 Å². The summed E-state index contributed by atoms with van der Waals surface area (Å²) in [6.07, 6.45) is 3.68. The molecule has 1 unspecified atom stereocenters. The summed E-state index contributed by atoms with van der Waals surface area (Å²) in [5, 5.41) is 3.37. The van der Waals surface area contributed by atoms with E-state index in [1.807, 2.05) is 7.05 Å². The highest BCUT2D eigenvalue weighted by atomic mass is 79.9. The fraction of sp³-hybridized carbons (Fsp3) is 0.333. The van der Waals surface area contributed by atoms with Crippen LogP contribution in [0.3, 0.4) is 0 Å². The molecule has 0 fully saturated rings. The van der Waals surface area contributed by atoms with Crippen LogP contribution in [0, 0.1) is 0 Å². The lowest BCUT2D eigenvalue weighted by molar-refractivity contribution is 0.495. The molecule has 2 aromatic rings. The van der Waals surface area contributed by atoms with Crippen molar-refractivity contribution in [2.45, 2.75) is 25.8 Å². The molecule has 0 amide bonds. The second kappa shape index (κ2) is 6.21. The third-order valence-electron chi connectivity index (χ3n) is 3.18. The number of likely N-dealkylation sites (N-methyl/N-ethyl adjacent to an activating group) is 1. The monoisotopic (exact) mass is 307 g/mol. The average Bonchev–Trinajstić information content (AvgIpc) is 2.86. The number of aryl methyl sites for hydroxylation is 1. The Labute approximate surface area is 117 Å². The highest BCUT2D eigenvalue weighted by molar-refractivity contribution is 9.10. The maximum absolute atomic E-state index is 5.51. The lowest BCUT2D eigenvalue weighted by Crippen LogP contribution is -2.19. The molecule has 1 aromatic heterocycles. The minimum Gasteiger partial charge on any atom is -0.469 e. The zero-order chi connectivity index (χ0) is 13.0. The van der Waals surface area contributed by atoms with E-state index in [2.05, 4.69) is 58.5 Å². The summed E-state index contributed by atoms with van der Waals surface area (Å²) in [4.78, 5) is 0. The van der Waals surface area contributed by atoms with Crippen LogP contribution in [-0.2, 0) is 12.8 Å². The molecule has 1 heterocycles. The molecule has 2 nitrogen and oxygen atoms in total. The van der Waals surface area contributed by atoms with Gasteiger partial charge in [0, 0.05) is 22.5 Å². The van der Waals surface area contributed by atoms with E-state index in [-0.39, 0.29) is 0 Å². The number of furan rings is 1. The summed E-state index contributed by atoms with van der Waals surface area (Å²) in [7, 11) is 2.00. The fourth-order valence-electron chi connectivity index (χ4n) is 2.17. The van der Waals surface area contributed by atoms with Crippen LogP contribution in [0.1, 0.15) is 29.9 Å². The van der Waals surface area contributed by atoms with E-state index >= 15 is 0 Å². The van der Waals surface area contributed by atoms with Gasteiger partial charge in [-0.2, -0.15) is 0 Å². The van der Waals surface area contributed by atoms with E-state index < -0.39 is 0 Å². The quantitative estimate of drug-likeness (QED) is 0.899. The molecule has 1 N–H and O–H groups in total. The van der Waals surface area contributed by atoms with Crippen molar-refractivity contribution in [3.05, 3.63) is 58.0 Å². The first-order chi connectivity index (χ1) is 8.74. The van der Waals surface area contributed by atoms with Crippen LogP contribution in [-0.4, -0.2) is 7.05 Å². The van der Waals surface area contributed by atoms with E-state index in [4.69, 9.17) is 4.42 Å². The van der Waals surface area contributed by atoms with Crippen LogP contribution in [0.4, 0.5) is 0 Å². The highest BCUT2D eigenvalue weighted by Crippen LogP contribution is 2.24. The smallest absolute Gasteiger partial charge is 0.108 e. The van der Waals surface area contributed by atoms with Crippen LogP contribution in [0.5, 0.6) is 0 Å². The van der Waals surface area contributed by atoms with E-state index in [0.717, 1.165) is 23.1 Å². The van der Waals surface area contributed by atoms with Crippen LogP contribution < -0.4 is 5.32 Å². The van der Waals surface area contributed by atoms with Gasteiger partial charge < -0.3 is 9.73 Å². The average molecular weight is 308 g/mol. The van der Waals surface area contributed by atoms with Crippen molar-refractivity contribution in [2.75, 3.05) is 7.05 Å². The Kier molecular flexibility index (Phi) is 4.61. The number of nitrogens with one attached hydrogen (secondary N) is 1. The van der Waals surface area contributed by atoms with Gasteiger partial charge in [0.25, 0.3) is 0 Å². The van der Waals surface area contributed by atoms with Gasteiger partial charge in [-0.25, -0.2) is 0 Å². The van der Waals surface area contributed by atoms with Gasteiger partial charge in [-0.15, -0.1) is 0 Å². The van der Waals surface area contributed by atoms with Crippen molar-refractivity contribution in [1.82, 2.24) is 5.32 Å². The first-order valence-corrected chi connectivity index (χ1v) is 7.01. The highest BCUT2D eigenvalue weighted by Gasteiger charge is 2.15. The predicted octanol–water partition coefficient (Wildman–Crippen LogP) is 4.11. The summed E-state index contributed by atoms with van der Waals surface area (Å²) in [5.74, 6) is 1.08. The fourth-order valence-corrected chi connectivity index (χ4v) is 2.44. The van der Waals surface area contributed by atoms with Gasteiger partial charge in [0.1, 0.15) is 5.76 Å². The van der Waals surface area contributed by atoms with Crippen LogP contribution in [0.15, 0.2) is 45.5 Å². The van der Waals surface area contributed by atoms with E-state index in [1.165, 1.54) is 11.1 Å². The molecular weight excluding hydrogens is 290 g/mol. The normalized spacial score (nSPS) is 12.6. The minimum absolute atomic E-state index is 0.305. The topological polar surface area (TPSA) is 25.2 Å². The Hall–Kier alpha value is -1.06. The van der Waals surface area contributed by atoms with Crippen LogP contribution in [0.2, 0.25) is 0 Å². The van der Waals surface area contributed by atoms with Gasteiger partial charge in [0.15, 0.2) is 0 Å². The predicted molar refractivity (Wildman–Crippen MR) is 77.7 cm³/mol. The molecule has 18 heavy (non-hydrogen) atoms. The molecule has 0 saturated heterocycles. The molecule has 1 aromatic carbocycles. The minimum atomic E-state index is 0.305. The number of hydrogen-bond donors (Lipinski definition) is 1. The third kappa shape index (κ3) is 3.03. The van der Waals surface area contributed by atoms with Gasteiger partial charge in [0.2, 0.25) is 0 Å². The van der Waals surface area contributed by atoms with Gasteiger partial charge in [-0.1, -0.05) is 35.0 Å². The SMILES string of the molecule is CCc1occc1C(Cc1ccc(Br)cc1)NC. The van der Waals surface area contributed by atoms with Gasteiger partial charge in [0.05, 0.1) is 6.26 Å². The summed E-state index contributed by atoms with van der Waals surface area (Å²) < 4.78 is 6.62. The lowest BCUT2D eigenvalue weighted by atomic mass is 9.99. The third-order valence-corrected chi connectivity index (χ3v) is 3.71. The number of benzene rings is 1. The summed E-state index contributed by atoms with van der Waals surface area (Å²) in [6, 6.07) is 10.8. The maximum atomic E-state index is 5.51. The standard InChI is InChI=1S/C15H18BrNO/c1-3-15-13(8-9-18-15)14(17-2)10-11-4-6-12(16)7-5-11/h4-9,14,17H,3,10H2,1-2H3. The molecule has 0 radical (unpaired) electrons. The van der Waals surface area contributed by atoms with Gasteiger partial charge in [-0.05, 0) is 37.2 Å². The Morgan fingerprint density at radius 1 is 1.22 bits per heavy atom. The van der Waals surface area contributed by atoms with E-state index in [1.54, 1.807) is 6.26 Å². The zero-order valence-corrected chi connectivity index (χ0v) is 12.3. The van der Waals surface area contributed by atoms with Crippen molar-refractivity contribution in [3.63, 3.8) is 0 Å². The van der Waals surface area contributed by atoms with Crippen LogP contribution >= 0.6 is 15.9 Å². The molecule has 0 aliphatic carbocycles. The van der Waals surface area contributed by atoms with E-state index in [9.17, 15) is 0 Å². The molecule has 96 valence electrons. The second-order valence-electron chi connectivity index (χ2n) is 4.32. The summed E-state index contributed by atoms with van der Waals surface area (Å²) in [5.41, 5.74) is 2.59. The molecule has 0 saturated carbocycles. The summed E-state index contributed by atoms with van der Waals surface area (Å²) in [6.45, 7) is 2.12. The Morgan fingerprint density at radius 2 is 1.94 bits per heavy atom. The van der Waals surface area contributed by atoms with Crippen LogP contribution in [0.25, 0.3) is 0 Å². The number of rotatable bonds is 5.